The third kappa shape index (κ3) is 5.73. The van der Waals surface area contributed by atoms with Crippen molar-refractivity contribution < 1.29 is 9.18 Å². The summed E-state index contributed by atoms with van der Waals surface area (Å²) in [6.07, 6.45) is 6.30. The van der Waals surface area contributed by atoms with Gasteiger partial charge in [-0.05, 0) is 47.9 Å². The summed E-state index contributed by atoms with van der Waals surface area (Å²) in [6.45, 7) is 0. The Labute approximate surface area is 186 Å². The summed E-state index contributed by atoms with van der Waals surface area (Å²) in [6, 6.07) is 25.8. The maximum absolute atomic E-state index is 13.3. The van der Waals surface area contributed by atoms with Crippen LogP contribution in [-0.2, 0) is 11.2 Å². The molecule has 0 radical (unpaired) electrons. The Morgan fingerprint density at radius 3 is 2.28 bits per heavy atom. The van der Waals surface area contributed by atoms with Crippen molar-refractivity contribution in [2.45, 2.75) is 12.8 Å². The molecule has 5 heteroatoms. The number of aromatic nitrogens is 2. The minimum Gasteiger partial charge on any atom is -0.309 e. The van der Waals surface area contributed by atoms with Gasteiger partial charge in [0.25, 0.3) is 0 Å². The van der Waals surface area contributed by atoms with Crippen molar-refractivity contribution >= 4 is 23.9 Å². The summed E-state index contributed by atoms with van der Waals surface area (Å²) in [5.41, 5.74) is 3.98. The molecule has 3 aromatic carbocycles. The van der Waals surface area contributed by atoms with Gasteiger partial charge in [0.05, 0.1) is 11.9 Å². The van der Waals surface area contributed by atoms with E-state index in [0.717, 1.165) is 16.7 Å². The van der Waals surface area contributed by atoms with Crippen LogP contribution in [0, 0.1) is 5.82 Å². The van der Waals surface area contributed by atoms with Gasteiger partial charge in [0, 0.05) is 12.0 Å². The van der Waals surface area contributed by atoms with Gasteiger partial charge >= 0.3 is 0 Å². The van der Waals surface area contributed by atoms with E-state index in [1.807, 2.05) is 72.8 Å². The Bertz CT molecular complexity index is 1210. The highest BCUT2D eigenvalue weighted by Crippen LogP contribution is 2.22. The van der Waals surface area contributed by atoms with Gasteiger partial charge in [-0.2, -0.15) is 0 Å². The first-order valence-corrected chi connectivity index (χ1v) is 10.4. The summed E-state index contributed by atoms with van der Waals surface area (Å²) in [4.78, 5) is 21.7. The number of anilines is 1. The van der Waals surface area contributed by atoms with Crippen LogP contribution in [0.15, 0.2) is 91.1 Å². The number of benzene rings is 3. The second-order valence-electron chi connectivity index (χ2n) is 7.27. The minimum atomic E-state index is -0.312. The summed E-state index contributed by atoms with van der Waals surface area (Å²) in [5.74, 6) is -0.0543. The first-order chi connectivity index (χ1) is 15.7. The Hall–Kier alpha value is -4.12. The van der Waals surface area contributed by atoms with Crippen LogP contribution in [0.4, 0.5) is 10.2 Å². The third-order valence-electron chi connectivity index (χ3n) is 4.91. The molecule has 0 aliphatic heterocycles. The third-order valence-corrected chi connectivity index (χ3v) is 4.91. The lowest BCUT2D eigenvalue weighted by atomic mass is 10.1. The molecule has 1 N–H and O–H groups in total. The fraction of sp³-hybridized carbons (Fsp3) is 0.0741. The molecule has 1 heterocycles. The molecular weight excluding hydrogens is 401 g/mol. The van der Waals surface area contributed by atoms with Gasteiger partial charge < -0.3 is 5.32 Å². The van der Waals surface area contributed by atoms with Gasteiger partial charge in [0.2, 0.25) is 5.91 Å². The molecule has 158 valence electrons. The highest BCUT2D eigenvalue weighted by molar-refractivity contribution is 5.92. The quantitative estimate of drug-likeness (QED) is 0.395. The van der Waals surface area contributed by atoms with Crippen LogP contribution >= 0.6 is 0 Å². The van der Waals surface area contributed by atoms with Crippen LogP contribution in [-0.4, -0.2) is 15.9 Å². The van der Waals surface area contributed by atoms with Gasteiger partial charge in [-0.3, -0.25) is 4.79 Å². The van der Waals surface area contributed by atoms with E-state index in [4.69, 9.17) is 0 Å². The standard InChI is InChI=1S/C27H22FN3O/c28-23-15-13-22(14-16-23)25-19-29-27(24(30-25)17-11-20-7-3-1-4-8-20)31-26(32)18-12-21-9-5-2-6-10-21/h1-11,13-17,19H,12,18H2,(H,29,31,32)/b17-11+. The smallest absolute Gasteiger partial charge is 0.225 e. The van der Waals surface area contributed by atoms with E-state index < -0.39 is 0 Å². The fourth-order valence-electron chi connectivity index (χ4n) is 3.21. The number of amides is 1. The summed E-state index contributed by atoms with van der Waals surface area (Å²) >= 11 is 0. The van der Waals surface area contributed by atoms with Gasteiger partial charge in [-0.1, -0.05) is 66.7 Å². The van der Waals surface area contributed by atoms with E-state index in [1.165, 1.54) is 12.1 Å². The second kappa shape index (κ2) is 10.3. The Morgan fingerprint density at radius 2 is 1.56 bits per heavy atom. The van der Waals surface area contributed by atoms with Crippen molar-refractivity contribution in [2.75, 3.05) is 5.32 Å². The Morgan fingerprint density at radius 1 is 0.875 bits per heavy atom. The zero-order valence-corrected chi connectivity index (χ0v) is 17.4. The van der Waals surface area contributed by atoms with Crippen molar-refractivity contribution in [3.63, 3.8) is 0 Å². The lowest BCUT2D eigenvalue weighted by Crippen LogP contribution is -2.15. The normalized spacial score (nSPS) is 10.9. The van der Waals surface area contributed by atoms with Crippen LogP contribution in [0.3, 0.4) is 0 Å². The first kappa shape index (κ1) is 21.1. The number of hydrogen-bond donors (Lipinski definition) is 1. The van der Waals surface area contributed by atoms with Gasteiger partial charge in [0.1, 0.15) is 11.5 Å². The van der Waals surface area contributed by atoms with Crippen molar-refractivity contribution in [2.24, 2.45) is 0 Å². The molecule has 0 spiro atoms. The van der Waals surface area contributed by atoms with Crippen molar-refractivity contribution in [3.8, 4) is 11.3 Å². The molecule has 0 aliphatic carbocycles. The number of rotatable bonds is 7. The Balaban J connectivity index is 1.57. The maximum atomic E-state index is 13.3. The molecule has 32 heavy (non-hydrogen) atoms. The number of carbonyl (C=O) groups is 1. The predicted octanol–water partition coefficient (Wildman–Crippen LogP) is 6.02. The molecule has 0 aliphatic rings. The van der Waals surface area contributed by atoms with E-state index >= 15 is 0 Å². The summed E-state index contributed by atoms with van der Waals surface area (Å²) < 4.78 is 13.3. The molecule has 0 saturated carbocycles. The largest absolute Gasteiger partial charge is 0.309 e. The van der Waals surface area contributed by atoms with E-state index in [2.05, 4.69) is 15.3 Å². The monoisotopic (exact) mass is 423 g/mol. The molecule has 4 rings (SSSR count). The van der Waals surface area contributed by atoms with Gasteiger partial charge in [0.15, 0.2) is 5.82 Å². The topological polar surface area (TPSA) is 54.9 Å². The molecule has 1 amide bonds. The predicted molar refractivity (Wildman–Crippen MR) is 126 cm³/mol. The van der Waals surface area contributed by atoms with E-state index in [1.54, 1.807) is 18.3 Å². The molecule has 4 nitrogen and oxygen atoms in total. The van der Waals surface area contributed by atoms with Crippen LogP contribution in [0.25, 0.3) is 23.4 Å². The van der Waals surface area contributed by atoms with E-state index in [9.17, 15) is 9.18 Å². The van der Waals surface area contributed by atoms with Crippen LogP contribution < -0.4 is 5.32 Å². The highest BCUT2D eigenvalue weighted by atomic mass is 19.1. The Kier molecular flexibility index (Phi) is 6.78. The van der Waals surface area contributed by atoms with Crippen LogP contribution in [0.2, 0.25) is 0 Å². The zero-order valence-electron chi connectivity index (χ0n) is 17.4. The van der Waals surface area contributed by atoms with Crippen molar-refractivity contribution in [3.05, 3.63) is 114 Å². The second-order valence-corrected chi connectivity index (χ2v) is 7.27. The SMILES string of the molecule is O=C(CCc1ccccc1)Nc1ncc(-c2ccc(F)cc2)nc1/C=C/c1ccccc1. The summed E-state index contributed by atoms with van der Waals surface area (Å²) in [7, 11) is 0. The molecular formula is C27H22FN3O. The number of aryl methyl sites for hydroxylation is 1. The number of carbonyl (C=O) groups excluding carboxylic acids is 1. The minimum absolute atomic E-state index is 0.132. The molecule has 0 atom stereocenters. The van der Waals surface area contributed by atoms with E-state index in [-0.39, 0.29) is 11.7 Å². The average molecular weight is 423 g/mol. The fourth-order valence-corrected chi connectivity index (χ4v) is 3.21. The maximum Gasteiger partial charge on any atom is 0.225 e. The molecule has 0 bridgehead atoms. The molecule has 0 saturated heterocycles. The van der Waals surface area contributed by atoms with Gasteiger partial charge in [-0.15, -0.1) is 0 Å². The zero-order chi connectivity index (χ0) is 22.2. The van der Waals surface area contributed by atoms with Crippen LogP contribution in [0.1, 0.15) is 23.2 Å². The number of halogens is 1. The summed E-state index contributed by atoms with van der Waals surface area (Å²) in [5, 5.41) is 2.88. The number of nitrogens with one attached hydrogen (secondary N) is 1. The molecule has 0 unspecified atom stereocenters. The molecule has 0 fully saturated rings. The average Bonchev–Trinajstić information content (AvgIpc) is 2.84. The first-order valence-electron chi connectivity index (χ1n) is 10.4. The lowest BCUT2D eigenvalue weighted by Gasteiger charge is -2.10. The number of hydrogen-bond acceptors (Lipinski definition) is 3. The van der Waals surface area contributed by atoms with E-state index in [0.29, 0.717) is 30.0 Å². The van der Waals surface area contributed by atoms with Crippen molar-refractivity contribution in [1.29, 1.82) is 0 Å². The van der Waals surface area contributed by atoms with Gasteiger partial charge in [-0.25, -0.2) is 14.4 Å². The van der Waals surface area contributed by atoms with Crippen molar-refractivity contribution in [1.82, 2.24) is 9.97 Å². The highest BCUT2D eigenvalue weighted by Gasteiger charge is 2.11. The lowest BCUT2D eigenvalue weighted by molar-refractivity contribution is -0.116. The van der Waals surface area contributed by atoms with Crippen LogP contribution in [0.5, 0.6) is 0 Å². The number of nitrogens with zero attached hydrogens (tertiary/aromatic N) is 2. The molecule has 4 aromatic rings. The molecule has 1 aromatic heterocycles.